The number of unbranched alkanes of at least 4 members (excludes halogenated alkanes) is 1. The average Bonchev–Trinajstić information content (AvgIpc) is 3.50. The number of hydrogen-bond acceptors (Lipinski definition) is 11. The molecule has 1 aromatic heterocycles. The number of methoxy groups -OCH3 is 1. The summed E-state index contributed by atoms with van der Waals surface area (Å²) in [5.41, 5.74) is 11.7. The normalized spacial score (nSPS) is 17.5. The molecule has 15 nitrogen and oxygen atoms in total. The number of primary amides is 1. The van der Waals surface area contributed by atoms with Gasteiger partial charge in [0.2, 0.25) is 17.7 Å². The third-order valence-corrected chi connectivity index (χ3v) is 7.49. The summed E-state index contributed by atoms with van der Waals surface area (Å²) in [5.74, 6) is -1.84. The van der Waals surface area contributed by atoms with E-state index >= 15 is 0 Å². The molecule has 17 heteroatoms. The van der Waals surface area contributed by atoms with Crippen molar-refractivity contribution in [3.63, 3.8) is 0 Å². The van der Waals surface area contributed by atoms with Crippen LogP contribution in [0.4, 0.5) is 13.6 Å². The van der Waals surface area contributed by atoms with E-state index in [9.17, 15) is 28.0 Å². The van der Waals surface area contributed by atoms with Gasteiger partial charge in [0.1, 0.15) is 6.04 Å². The van der Waals surface area contributed by atoms with Gasteiger partial charge in [-0.25, -0.2) is 9.78 Å². The molecule has 4 rings (SSSR count). The van der Waals surface area contributed by atoms with Gasteiger partial charge >= 0.3 is 12.7 Å². The summed E-state index contributed by atoms with van der Waals surface area (Å²) in [7, 11) is 1.20. The minimum absolute atomic E-state index is 0.0127. The molecule has 2 saturated heterocycles. The zero-order chi connectivity index (χ0) is 33.4. The van der Waals surface area contributed by atoms with Gasteiger partial charge in [0, 0.05) is 38.2 Å². The highest BCUT2D eigenvalue weighted by Gasteiger charge is 2.39. The molecule has 4 N–H and O–H groups in total. The number of carbonyl (C=O) groups excluding carboxylic acids is 4. The second kappa shape index (κ2) is 15.7. The summed E-state index contributed by atoms with van der Waals surface area (Å²) < 4.78 is 52.5. The molecule has 0 spiro atoms. The van der Waals surface area contributed by atoms with Crippen LogP contribution in [0.3, 0.4) is 0 Å². The molecule has 0 radical (unpaired) electrons. The van der Waals surface area contributed by atoms with Crippen molar-refractivity contribution in [3.8, 4) is 23.0 Å². The molecule has 2 aliphatic rings. The van der Waals surface area contributed by atoms with E-state index in [1.165, 1.54) is 35.1 Å². The fraction of sp³-hybridized carbons (Fsp3) is 0.552. The second-order valence-corrected chi connectivity index (χ2v) is 10.7. The lowest BCUT2D eigenvalue weighted by molar-refractivity contribution is -0.135. The molecular weight excluding hydrogens is 614 g/mol. The number of carbonyl (C=O) groups is 4. The maximum atomic E-state index is 13.7. The molecule has 0 saturated carbocycles. The Hall–Kier alpha value is -4.51. The van der Waals surface area contributed by atoms with Gasteiger partial charge in [-0.1, -0.05) is 0 Å². The third kappa shape index (κ3) is 8.39. The maximum Gasteiger partial charge on any atom is 0.409 e. The number of hydrogen-bond donors (Lipinski definition) is 2. The number of ether oxygens (including phenoxy) is 4. The summed E-state index contributed by atoms with van der Waals surface area (Å²) in [6.45, 7) is 0.516. The molecule has 2 fully saturated rings. The number of piperazine rings is 1. The quantitative estimate of drug-likeness (QED) is 0.317. The lowest BCUT2D eigenvalue weighted by Crippen LogP contribution is -2.61. The molecule has 0 bridgehead atoms. The first kappa shape index (κ1) is 34.4. The van der Waals surface area contributed by atoms with E-state index in [1.807, 2.05) is 0 Å². The Morgan fingerprint density at radius 1 is 1.07 bits per heavy atom. The van der Waals surface area contributed by atoms with Crippen molar-refractivity contribution in [3.05, 3.63) is 29.7 Å². The Bertz CT molecular complexity index is 1400. The number of nitrogens with zero attached hydrogens (tertiary/aromatic N) is 4. The zero-order valence-corrected chi connectivity index (χ0v) is 25.6. The number of benzene rings is 1. The molecule has 0 aliphatic carbocycles. The zero-order valence-electron chi connectivity index (χ0n) is 25.6. The minimum Gasteiger partial charge on any atom is -0.490 e. The van der Waals surface area contributed by atoms with Crippen LogP contribution in [0.2, 0.25) is 0 Å². The number of amides is 4. The SMILES string of the molecule is COC(=O)N1CCN(C(=O)c2nc(-c3ccc(OC(F)F)c(OCCCCC(=O)N4CCOCC4)c3)oc2[C@H](C)N)C(C(N)=O)C1. The van der Waals surface area contributed by atoms with Gasteiger partial charge in [-0.3, -0.25) is 14.4 Å². The Labute approximate surface area is 263 Å². The van der Waals surface area contributed by atoms with Crippen LogP contribution in [0.25, 0.3) is 11.5 Å². The maximum absolute atomic E-state index is 13.7. The predicted molar refractivity (Wildman–Crippen MR) is 156 cm³/mol. The summed E-state index contributed by atoms with van der Waals surface area (Å²) in [6.07, 6.45) is 0.623. The van der Waals surface area contributed by atoms with Crippen LogP contribution in [-0.4, -0.2) is 116 Å². The fourth-order valence-corrected chi connectivity index (χ4v) is 5.10. The summed E-state index contributed by atoms with van der Waals surface area (Å²) in [4.78, 5) is 58.8. The van der Waals surface area contributed by atoms with E-state index in [-0.39, 0.29) is 66.6 Å². The van der Waals surface area contributed by atoms with Crippen molar-refractivity contribution in [1.29, 1.82) is 0 Å². The number of morpholine rings is 1. The molecular formula is C29H38F2N6O9. The van der Waals surface area contributed by atoms with Crippen molar-refractivity contribution in [1.82, 2.24) is 19.7 Å². The number of halogens is 2. The van der Waals surface area contributed by atoms with E-state index in [1.54, 1.807) is 11.8 Å². The van der Waals surface area contributed by atoms with Gasteiger partial charge in [0.25, 0.3) is 5.91 Å². The highest BCUT2D eigenvalue weighted by atomic mass is 19.3. The second-order valence-electron chi connectivity index (χ2n) is 10.7. The third-order valence-electron chi connectivity index (χ3n) is 7.49. The highest BCUT2D eigenvalue weighted by Crippen LogP contribution is 2.35. The van der Waals surface area contributed by atoms with Crippen LogP contribution in [0.15, 0.2) is 22.6 Å². The topological polar surface area (TPSA) is 193 Å². The van der Waals surface area contributed by atoms with Crippen LogP contribution in [0, 0.1) is 0 Å². The first-order chi connectivity index (χ1) is 22.0. The number of nitrogens with two attached hydrogens (primary N) is 2. The molecule has 3 heterocycles. The van der Waals surface area contributed by atoms with E-state index in [0.717, 1.165) is 0 Å². The molecule has 4 amide bonds. The van der Waals surface area contributed by atoms with Gasteiger partial charge in [-0.15, -0.1) is 0 Å². The van der Waals surface area contributed by atoms with Crippen LogP contribution in [0.1, 0.15) is 48.5 Å². The largest absolute Gasteiger partial charge is 0.490 e. The van der Waals surface area contributed by atoms with Crippen molar-refractivity contribution in [2.24, 2.45) is 11.5 Å². The van der Waals surface area contributed by atoms with E-state index in [4.69, 9.17) is 30.1 Å². The van der Waals surface area contributed by atoms with E-state index < -0.39 is 36.6 Å². The van der Waals surface area contributed by atoms with Crippen molar-refractivity contribution in [2.75, 3.05) is 59.7 Å². The van der Waals surface area contributed by atoms with Crippen LogP contribution < -0.4 is 20.9 Å². The number of aromatic nitrogens is 1. The standard InChI is InChI=1S/C29H38F2N6O9/c1-17(32)24-23(27(40)37-9-8-36(29(41)42-2)16-19(37)25(33)39)34-26(46-24)18-6-7-20(45-28(30)31)21(15-18)44-12-4-3-5-22(38)35-10-13-43-14-11-35/h6-7,15,17,19,28H,3-5,8-14,16,32H2,1-2H3,(H2,33,39)/t17-,19?/m0/s1. The molecule has 1 unspecified atom stereocenters. The van der Waals surface area contributed by atoms with Gasteiger partial charge < -0.3 is 49.5 Å². The lowest BCUT2D eigenvalue weighted by Gasteiger charge is -2.38. The molecule has 2 aliphatic heterocycles. The Balaban J connectivity index is 1.51. The Kier molecular flexibility index (Phi) is 11.7. The molecule has 2 atom stereocenters. The van der Waals surface area contributed by atoms with Crippen LogP contribution in [-0.2, 0) is 19.1 Å². The number of alkyl halides is 2. The average molecular weight is 653 g/mol. The number of oxazole rings is 1. The van der Waals surface area contributed by atoms with E-state index in [0.29, 0.717) is 45.6 Å². The summed E-state index contributed by atoms with van der Waals surface area (Å²) >= 11 is 0. The molecule has 2 aromatic rings. The van der Waals surface area contributed by atoms with Crippen molar-refractivity contribution in [2.45, 2.75) is 44.9 Å². The van der Waals surface area contributed by atoms with Crippen molar-refractivity contribution < 1.29 is 51.3 Å². The van der Waals surface area contributed by atoms with E-state index in [2.05, 4.69) is 9.72 Å². The lowest BCUT2D eigenvalue weighted by atomic mass is 10.1. The van der Waals surface area contributed by atoms with Crippen LogP contribution in [0.5, 0.6) is 11.5 Å². The smallest absolute Gasteiger partial charge is 0.409 e. The van der Waals surface area contributed by atoms with Gasteiger partial charge in [-0.05, 0) is 38.0 Å². The Morgan fingerprint density at radius 2 is 1.80 bits per heavy atom. The minimum atomic E-state index is -3.12. The summed E-state index contributed by atoms with van der Waals surface area (Å²) in [6, 6.07) is 2.06. The predicted octanol–water partition coefficient (Wildman–Crippen LogP) is 1.75. The molecule has 1 aromatic carbocycles. The molecule has 252 valence electrons. The van der Waals surface area contributed by atoms with Gasteiger partial charge in [-0.2, -0.15) is 8.78 Å². The van der Waals surface area contributed by atoms with Crippen LogP contribution >= 0.6 is 0 Å². The summed E-state index contributed by atoms with van der Waals surface area (Å²) in [5, 5.41) is 0. The fourth-order valence-electron chi connectivity index (χ4n) is 5.10. The number of rotatable bonds is 12. The first-order valence-electron chi connectivity index (χ1n) is 14.8. The van der Waals surface area contributed by atoms with Gasteiger partial charge in [0.15, 0.2) is 23.0 Å². The monoisotopic (exact) mass is 652 g/mol. The Morgan fingerprint density at radius 3 is 2.46 bits per heavy atom. The first-order valence-corrected chi connectivity index (χ1v) is 14.8. The van der Waals surface area contributed by atoms with Crippen molar-refractivity contribution >= 4 is 23.8 Å². The molecule has 46 heavy (non-hydrogen) atoms. The van der Waals surface area contributed by atoms with Gasteiger partial charge in [0.05, 0.1) is 39.5 Å². The highest BCUT2D eigenvalue weighted by molar-refractivity contribution is 5.97.